The average Bonchev–Trinajstić information content (AvgIpc) is 3.16. The number of benzene rings is 1. The maximum absolute atomic E-state index is 13.0. The molecule has 3 rings (SSSR count). The first-order valence-electron chi connectivity index (χ1n) is 7.31. The Morgan fingerprint density at radius 3 is 2.50 bits per heavy atom. The van der Waals surface area contributed by atoms with Gasteiger partial charge in [0.25, 0.3) is 0 Å². The van der Waals surface area contributed by atoms with Crippen molar-refractivity contribution in [3.05, 3.63) is 63.6 Å². The van der Waals surface area contributed by atoms with Crippen LogP contribution < -0.4 is 5.32 Å². The summed E-state index contributed by atoms with van der Waals surface area (Å²) in [4.78, 5) is 7.83. The highest BCUT2D eigenvalue weighted by Crippen LogP contribution is 2.33. The lowest BCUT2D eigenvalue weighted by Gasteiger charge is -2.12. The topological polar surface area (TPSA) is 24.9 Å². The van der Waals surface area contributed by atoms with Crippen LogP contribution in [0.3, 0.4) is 0 Å². The molecule has 0 saturated heterocycles. The fraction of sp³-hybridized carbons (Fsp3) is 0.235. The first-order chi connectivity index (χ1) is 11.4. The van der Waals surface area contributed by atoms with Gasteiger partial charge >= 0.3 is 6.18 Å². The lowest BCUT2D eigenvalue weighted by Crippen LogP contribution is -2.17. The highest BCUT2D eigenvalue weighted by Gasteiger charge is 2.32. The maximum Gasteiger partial charge on any atom is 0.416 e. The molecule has 24 heavy (non-hydrogen) atoms. The summed E-state index contributed by atoms with van der Waals surface area (Å²) >= 11 is 3.26. The number of aromatic nitrogens is 1. The monoisotopic (exact) mass is 368 g/mol. The zero-order valence-corrected chi connectivity index (χ0v) is 14.5. The third-order valence-corrected chi connectivity index (χ3v) is 5.65. The molecule has 1 aromatic carbocycles. The van der Waals surface area contributed by atoms with Crippen molar-refractivity contribution in [1.82, 2.24) is 10.3 Å². The highest BCUT2D eigenvalue weighted by molar-refractivity contribution is 7.21. The third kappa shape index (κ3) is 4.03. The van der Waals surface area contributed by atoms with Gasteiger partial charge in [-0.25, -0.2) is 4.98 Å². The van der Waals surface area contributed by atoms with Crippen LogP contribution in [0.1, 0.15) is 21.0 Å². The first kappa shape index (κ1) is 17.1. The van der Waals surface area contributed by atoms with E-state index in [0.29, 0.717) is 6.54 Å². The van der Waals surface area contributed by atoms with E-state index >= 15 is 0 Å². The summed E-state index contributed by atoms with van der Waals surface area (Å²) in [5.74, 6) is 0. The van der Waals surface area contributed by atoms with Gasteiger partial charge in [0.15, 0.2) is 0 Å². The highest BCUT2D eigenvalue weighted by atomic mass is 32.1. The number of hydrogen-bond acceptors (Lipinski definition) is 4. The van der Waals surface area contributed by atoms with Crippen molar-refractivity contribution in [3.8, 4) is 9.75 Å². The lowest BCUT2D eigenvalue weighted by atomic mass is 10.1. The summed E-state index contributed by atoms with van der Waals surface area (Å²) < 4.78 is 38.9. The Labute approximate surface area is 146 Å². The molecule has 0 aliphatic heterocycles. The minimum Gasteiger partial charge on any atom is -0.306 e. The molecule has 0 saturated carbocycles. The van der Waals surface area contributed by atoms with Gasteiger partial charge in [0, 0.05) is 29.0 Å². The molecule has 126 valence electrons. The van der Waals surface area contributed by atoms with Crippen LogP contribution >= 0.6 is 22.7 Å². The summed E-state index contributed by atoms with van der Waals surface area (Å²) in [6, 6.07) is 9.75. The Balaban J connectivity index is 1.63. The van der Waals surface area contributed by atoms with E-state index < -0.39 is 11.7 Å². The molecular weight excluding hydrogens is 353 g/mol. The number of thiophene rings is 1. The Kier molecular flexibility index (Phi) is 5.03. The SMILES string of the molecule is Cc1ccc(-c2cnc(CNCc3ccccc3C(F)(F)F)s2)s1. The predicted octanol–water partition coefficient (Wildman–Crippen LogP) is 5.49. The number of aryl methyl sites for hydroxylation is 1. The van der Waals surface area contributed by atoms with E-state index in [9.17, 15) is 13.2 Å². The van der Waals surface area contributed by atoms with Crippen LogP contribution in [-0.2, 0) is 19.3 Å². The number of nitrogens with one attached hydrogen (secondary N) is 1. The van der Waals surface area contributed by atoms with Crippen LogP contribution in [0, 0.1) is 6.92 Å². The molecule has 3 aromatic rings. The maximum atomic E-state index is 13.0. The average molecular weight is 368 g/mol. The van der Waals surface area contributed by atoms with E-state index in [1.807, 2.05) is 6.20 Å². The second-order valence-electron chi connectivity index (χ2n) is 5.29. The number of hydrogen-bond donors (Lipinski definition) is 1. The lowest BCUT2D eigenvalue weighted by molar-refractivity contribution is -0.138. The van der Waals surface area contributed by atoms with Crippen LogP contribution in [0.2, 0.25) is 0 Å². The van der Waals surface area contributed by atoms with Gasteiger partial charge in [0.1, 0.15) is 5.01 Å². The van der Waals surface area contributed by atoms with Gasteiger partial charge < -0.3 is 5.32 Å². The van der Waals surface area contributed by atoms with Crippen molar-refractivity contribution in [2.24, 2.45) is 0 Å². The second kappa shape index (κ2) is 7.04. The molecule has 0 fully saturated rings. The minimum atomic E-state index is -4.33. The zero-order chi connectivity index (χ0) is 17.2. The van der Waals surface area contributed by atoms with Gasteiger partial charge in [-0.1, -0.05) is 18.2 Å². The van der Waals surface area contributed by atoms with Gasteiger partial charge in [-0.15, -0.1) is 22.7 Å². The molecule has 2 nitrogen and oxygen atoms in total. The number of alkyl halides is 3. The summed E-state index contributed by atoms with van der Waals surface area (Å²) in [6.45, 7) is 2.65. The molecule has 0 amide bonds. The molecule has 2 aromatic heterocycles. The third-order valence-electron chi connectivity index (χ3n) is 3.45. The van der Waals surface area contributed by atoms with Crippen molar-refractivity contribution in [3.63, 3.8) is 0 Å². The Hall–Kier alpha value is -1.70. The molecule has 7 heteroatoms. The molecule has 0 atom stereocenters. The molecule has 0 aliphatic rings. The van der Waals surface area contributed by atoms with Gasteiger partial charge in [-0.05, 0) is 30.7 Å². The van der Waals surface area contributed by atoms with Crippen molar-refractivity contribution in [2.45, 2.75) is 26.2 Å². The Bertz CT molecular complexity index is 821. The van der Waals surface area contributed by atoms with Crippen LogP contribution in [0.5, 0.6) is 0 Å². The van der Waals surface area contributed by atoms with Gasteiger partial charge in [-0.2, -0.15) is 13.2 Å². The molecule has 0 spiro atoms. The molecular formula is C17H15F3N2S2. The molecule has 0 bridgehead atoms. The number of rotatable bonds is 5. The smallest absolute Gasteiger partial charge is 0.306 e. The van der Waals surface area contributed by atoms with Crippen molar-refractivity contribution >= 4 is 22.7 Å². The summed E-state index contributed by atoms with van der Waals surface area (Å²) in [5.41, 5.74) is -0.345. The van der Waals surface area contributed by atoms with Gasteiger partial charge in [-0.3, -0.25) is 0 Å². The van der Waals surface area contributed by atoms with E-state index in [2.05, 4.69) is 29.4 Å². The standard InChI is InChI=1S/C17H15F3N2S2/c1-11-6-7-14(23-11)15-9-22-16(24-15)10-21-8-12-4-2-3-5-13(12)17(18,19)20/h2-7,9,21H,8,10H2,1H3. The van der Waals surface area contributed by atoms with Crippen LogP contribution in [0.4, 0.5) is 13.2 Å². The Morgan fingerprint density at radius 2 is 1.79 bits per heavy atom. The van der Waals surface area contributed by atoms with Crippen LogP contribution in [-0.4, -0.2) is 4.98 Å². The van der Waals surface area contributed by atoms with E-state index in [1.165, 1.54) is 21.9 Å². The van der Waals surface area contributed by atoms with Crippen LogP contribution in [0.25, 0.3) is 9.75 Å². The first-order valence-corrected chi connectivity index (χ1v) is 8.94. The quantitative estimate of drug-likeness (QED) is 0.644. The second-order valence-corrected chi connectivity index (χ2v) is 7.69. The van der Waals surface area contributed by atoms with Gasteiger partial charge in [0.2, 0.25) is 0 Å². The largest absolute Gasteiger partial charge is 0.416 e. The fourth-order valence-corrected chi connectivity index (χ4v) is 4.16. The summed E-state index contributed by atoms with van der Waals surface area (Å²) in [7, 11) is 0. The number of halogens is 3. The zero-order valence-electron chi connectivity index (χ0n) is 12.9. The van der Waals surface area contributed by atoms with E-state index in [1.54, 1.807) is 28.7 Å². The summed E-state index contributed by atoms with van der Waals surface area (Å²) in [6.07, 6.45) is -2.51. The van der Waals surface area contributed by atoms with Gasteiger partial charge in [0.05, 0.1) is 10.4 Å². The normalized spacial score (nSPS) is 11.8. The van der Waals surface area contributed by atoms with Crippen molar-refractivity contribution in [1.29, 1.82) is 0 Å². The molecule has 0 unspecified atom stereocenters. The van der Waals surface area contributed by atoms with E-state index in [-0.39, 0.29) is 12.1 Å². The molecule has 0 radical (unpaired) electrons. The Morgan fingerprint density at radius 1 is 1.00 bits per heavy atom. The summed E-state index contributed by atoms with van der Waals surface area (Å²) in [5, 5.41) is 3.91. The van der Waals surface area contributed by atoms with Crippen molar-refractivity contribution < 1.29 is 13.2 Å². The molecule has 2 heterocycles. The predicted molar refractivity (Wildman–Crippen MR) is 92.2 cm³/mol. The molecule has 0 aliphatic carbocycles. The fourth-order valence-electron chi connectivity index (χ4n) is 2.33. The van der Waals surface area contributed by atoms with Crippen molar-refractivity contribution in [2.75, 3.05) is 0 Å². The number of nitrogens with zero attached hydrogens (tertiary/aromatic N) is 1. The minimum absolute atomic E-state index is 0.155. The molecule has 1 N–H and O–H groups in total. The number of thiazole rings is 1. The van der Waals surface area contributed by atoms with E-state index in [0.717, 1.165) is 16.0 Å². The van der Waals surface area contributed by atoms with Crippen LogP contribution in [0.15, 0.2) is 42.6 Å². The van der Waals surface area contributed by atoms with E-state index in [4.69, 9.17) is 0 Å².